The van der Waals surface area contributed by atoms with Gasteiger partial charge in [0.15, 0.2) is 0 Å². The Kier molecular flexibility index (Phi) is 4.71. The van der Waals surface area contributed by atoms with Crippen LogP contribution >= 0.6 is 11.3 Å². The van der Waals surface area contributed by atoms with Gasteiger partial charge < -0.3 is 4.74 Å². The van der Waals surface area contributed by atoms with Crippen molar-refractivity contribution >= 4 is 23.0 Å². The molecule has 1 aliphatic rings. The van der Waals surface area contributed by atoms with Crippen molar-refractivity contribution in [2.75, 3.05) is 0 Å². The maximum atomic E-state index is 12.2. The quantitative estimate of drug-likeness (QED) is 0.363. The van der Waals surface area contributed by atoms with E-state index in [4.69, 9.17) is 4.74 Å². The van der Waals surface area contributed by atoms with Gasteiger partial charge in [0.05, 0.1) is 4.92 Å². The number of nitro benzene ring substituents is 1. The fraction of sp³-hybridized carbons (Fsp3) is 0.353. The summed E-state index contributed by atoms with van der Waals surface area (Å²) in [4.78, 5) is 24.3. The Morgan fingerprint density at radius 1 is 1.17 bits per heavy atom. The van der Waals surface area contributed by atoms with Gasteiger partial charge in [-0.1, -0.05) is 6.42 Å². The number of esters is 1. The van der Waals surface area contributed by atoms with Gasteiger partial charge in [-0.2, -0.15) is 0 Å². The van der Waals surface area contributed by atoms with Gasteiger partial charge in [0.1, 0.15) is 11.5 Å². The van der Waals surface area contributed by atoms with Crippen LogP contribution in [0.15, 0.2) is 30.3 Å². The molecule has 23 heavy (non-hydrogen) atoms. The highest BCUT2D eigenvalue weighted by Crippen LogP contribution is 2.29. The molecule has 6 heteroatoms. The number of thiophene rings is 1. The van der Waals surface area contributed by atoms with Crippen LogP contribution in [0.5, 0.6) is 0 Å². The molecule has 120 valence electrons. The molecule has 0 radical (unpaired) electrons. The summed E-state index contributed by atoms with van der Waals surface area (Å²) in [5.74, 6) is -0.318. The second-order valence-electron chi connectivity index (χ2n) is 5.62. The zero-order chi connectivity index (χ0) is 16.2. The summed E-state index contributed by atoms with van der Waals surface area (Å²) < 4.78 is 5.33. The summed E-state index contributed by atoms with van der Waals surface area (Å²) in [5, 5.41) is 10.6. The Morgan fingerprint density at radius 3 is 2.65 bits per heavy atom. The lowest BCUT2D eigenvalue weighted by Crippen LogP contribution is -2.03. The molecule has 0 saturated carbocycles. The normalized spacial score (nSPS) is 13.9. The van der Waals surface area contributed by atoms with Crippen LogP contribution in [0.4, 0.5) is 5.69 Å². The maximum absolute atomic E-state index is 12.2. The predicted octanol–water partition coefficient (Wildman–Crippen LogP) is 4.28. The van der Waals surface area contributed by atoms with Gasteiger partial charge in [0.25, 0.3) is 5.69 Å². The first kappa shape index (κ1) is 15.7. The highest BCUT2D eigenvalue weighted by atomic mass is 32.1. The van der Waals surface area contributed by atoms with Crippen LogP contribution in [-0.4, -0.2) is 10.9 Å². The van der Waals surface area contributed by atoms with Crippen molar-refractivity contribution in [3.63, 3.8) is 0 Å². The molecule has 0 amide bonds. The second-order valence-corrected chi connectivity index (χ2v) is 6.76. The summed E-state index contributed by atoms with van der Waals surface area (Å²) in [6, 6.07) is 8.00. The van der Waals surface area contributed by atoms with Gasteiger partial charge in [-0.05, 0) is 55.0 Å². The molecule has 1 heterocycles. The summed E-state index contributed by atoms with van der Waals surface area (Å²) >= 11 is 1.53. The second kappa shape index (κ2) is 6.91. The molecule has 0 N–H and O–H groups in total. The Bertz CT molecular complexity index is 697. The Hall–Kier alpha value is -2.21. The van der Waals surface area contributed by atoms with Crippen molar-refractivity contribution in [1.29, 1.82) is 0 Å². The van der Waals surface area contributed by atoms with Crippen molar-refractivity contribution in [2.45, 2.75) is 38.7 Å². The number of aryl methyl sites for hydroxylation is 2. The van der Waals surface area contributed by atoms with Crippen LogP contribution in [0.3, 0.4) is 0 Å². The van der Waals surface area contributed by atoms with Crippen LogP contribution in [0, 0.1) is 10.1 Å². The minimum Gasteiger partial charge on any atom is -0.457 e. The largest absolute Gasteiger partial charge is 0.457 e. The third kappa shape index (κ3) is 3.76. The number of ether oxygens (including phenoxy) is 1. The monoisotopic (exact) mass is 331 g/mol. The molecular formula is C17H17NO4S. The van der Waals surface area contributed by atoms with Crippen LogP contribution in [0.2, 0.25) is 0 Å². The van der Waals surface area contributed by atoms with E-state index >= 15 is 0 Å². The van der Waals surface area contributed by atoms with E-state index in [2.05, 4.69) is 0 Å². The predicted molar refractivity (Wildman–Crippen MR) is 87.8 cm³/mol. The molecule has 0 spiro atoms. The van der Waals surface area contributed by atoms with E-state index in [1.807, 2.05) is 6.07 Å². The number of hydrogen-bond acceptors (Lipinski definition) is 5. The molecule has 1 aromatic heterocycles. The van der Waals surface area contributed by atoms with Gasteiger partial charge in [-0.3, -0.25) is 10.1 Å². The van der Waals surface area contributed by atoms with E-state index in [-0.39, 0.29) is 18.3 Å². The molecule has 0 aliphatic heterocycles. The SMILES string of the molecule is O=C(OCc1ccc([N+](=O)[O-])cc1)c1cc2c(s1)CCCCC2. The van der Waals surface area contributed by atoms with Crippen LogP contribution in [0.1, 0.15) is 44.9 Å². The summed E-state index contributed by atoms with van der Waals surface area (Å²) in [6.07, 6.45) is 5.71. The van der Waals surface area contributed by atoms with Gasteiger partial charge in [-0.15, -0.1) is 11.3 Å². The lowest BCUT2D eigenvalue weighted by Gasteiger charge is -2.03. The van der Waals surface area contributed by atoms with Gasteiger partial charge in [-0.25, -0.2) is 4.79 Å². The number of hydrogen-bond donors (Lipinski definition) is 0. The van der Waals surface area contributed by atoms with Crippen LogP contribution < -0.4 is 0 Å². The van der Waals surface area contributed by atoms with Gasteiger partial charge >= 0.3 is 5.97 Å². The smallest absolute Gasteiger partial charge is 0.348 e. The van der Waals surface area contributed by atoms with E-state index in [1.165, 1.54) is 53.2 Å². The number of benzene rings is 1. The average Bonchev–Trinajstić information content (AvgIpc) is 2.84. The molecule has 3 rings (SSSR count). The van der Waals surface area contributed by atoms with E-state index in [0.29, 0.717) is 4.88 Å². The maximum Gasteiger partial charge on any atom is 0.348 e. The summed E-state index contributed by atoms with van der Waals surface area (Å²) in [6.45, 7) is 0.124. The fourth-order valence-electron chi connectivity index (χ4n) is 2.70. The Labute approximate surface area is 138 Å². The standard InChI is InChI=1S/C17H17NO4S/c19-17(16-10-13-4-2-1-3-5-15(13)23-16)22-11-12-6-8-14(9-7-12)18(20)21/h6-10H,1-5,11H2. The number of non-ortho nitro benzene ring substituents is 1. The number of carbonyl (C=O) groups is 1. The third-order valence-electron chi connectivity index (χ3n) is 3.96. The van der Waals surface area contributed by atoms with E-state index in [1.54, 1.807) is 12.1 Å². The first-order valence-corrected chi connectivity index (χ1v) is 8.47. The Morgan fingerprint density at radius 2 is 1.91 bits per heavy atom. The minimum atomic E-state index is -0.450. The van der Waals surface area contributed by atoms with Gasteiger partial charge in [0, 0.05) is 17.0 Å². The van der Waals surface area contributed by atoms with E-state index < -0.39 is 4.92 Å². The molecule has 5 nitrogen and oxygen atoms in total. The first-order valence-electron chi connectivity index (χ1n) is 7.65. The van der Waals surface area contributed by atoms with E-state index in [0.717, 1.165) is 18.4 Å². The van der Waals surface area contributed by atoms with E-state index in [9.17, 15) is 14.9 Å². The lowest BCUT2D eigenvalue weighted by atomic mass is 10.1. The summed E-state index contributed by atoms with van der Waals surface area (Å²) in [7, 11) is 0. The zero-order valence-corrected chi connectivity index (χ0v) is 13.4. The number of rotatable bonds is 4. The third-order valence-corrected chi connectivity index (χ3v) is 5.18. The van der Waals surface area contributed by atoms with Crippen molar-refractivity contribution in [3.05, 3.63) is 61.3 Å². The number of fused-ring (bicyclic) bond motifs is 1. The Balaban J connectivity index is 1.62. The molecule has 0 atom stereocenters. The lowest BCUT2D eigenvalue weighted by molar-refractivity contribution is -0.384. The van der Waals surface area contributed by atoms with Crippen molar-refractivity contribution in [3.8, 4) is 0 Å². The number of nitro groups is 1. The molecule has 0 unspecified atom stereocenters. The molecule has 1 aromatic carbocycles. The highest BCUT2D eigenvalue weighted by Gasteiger charge is 2.17. The van der Waals surface area contributed by atoms with Crippen LogP contribution in [-0.2, 0) is 24.2 Å². The van der Waals surface area contributed by atoms with Crippen molar-refractivity contribution < 1.29 is 14.5 Å². The molecule has 0 bridgehead atoms. The van der Waals surface area contributed by atoms with Gasteiger partial charge in [0.2, 0.25) is 0 Å². The average molecular weight is 331 g/mol. The molecule has 0 saturated heterocycles. The molecule has 2 aromatic rings. The van der Waals surface area contributed by atoms with Crippen molar-refractivity contribution in [1.82, 2.24) is 0 Å². The molecular weight excluding hydrogens is 314 g/mol. The van der Waals surface area contributed by atoms with Crippen LogP contribution in [0.25, 0.3) is 0 Å². The highest BCUT2D eigenvalue weighted by molar-refractivity contribution is 7.14. The number of carbonyl (C=O) groups excluding carboxylic acids is 1. The first-order chi connectivity index (χ1) is 11.1. The van der Waals surface area contributed by atoms with Crippen molar-refractivity contribution in [2.24, 2.45) is 0 Å². The number of nitrogens with zero attached hydrogens (tertiary/aromatic N) is 1. The molecule has 0 fully saturated rings. The topological polar surface area (TPSA) is 69.4 Å². The molecule has 1 aliphatic carbocycles. The summed E-state index contributed by atoms with van der Waals surface area (Å²) in [5.41, 5.74) is 2.05. The zero-order valence-electron chi connectivity index (χ0n) is 12.6. The minimum absolute atomic E-state index is 0.0297. The fourth-order valence-corrected chi connectivity index (χ4v) is 3.85.